The monoisotopic (exact) mass is 351 g/mol. The third kappa shape index (κ3) is 4.28. The Labute approximate surface area is 129 Å². The molecule has 22 heavy (non-hydrogen) atoms. The van der Waals surface area contributed by atoms with Crippen molar-refractivity contribution in [2.45, 2.75) is 11.3 Å². The number of anilines is 1. The Kier molecular flexibility index (Phi) is 4.52. The molecule has 2 aromatic rings. The summed E-state index contributed by atoms with van der Waals surface area (Å²) in [7, 11) is -4.02. The first-order valence-electron chi connectivity index (χ1n) is 5.80. The maximum absolute atomic E-state index is 12.2. The van der Waals surface area contributed by atoms with E-state index in [1.807, 2.05) is 0 Å². The SMILES string of the molecule is O=S(=O)(Nc1cccc(OC(F)(F)F)c1)c1ccccc1Cl. The molecule has 4 nitrogen and oxygen atoms in total. The van der Waals surface area contributed by atoms with Crippen molar-refractivity contribution in [3.05, 3.63) is 53.6 Å². The quantitative estimate of drug-likeness (QED) is 0.904. The van der Waals surface area contributed by atoms with Gasteiger partial charge in [-0.25, -0.2) is 8.42 Å². The summed E-state index contributed by atoms with van der Waals surface area (Å²) in [6, 6.07) is 10.2. The van der Waals surface area contributed by atoms with Crippen molar-refractivity contribution in [1.82, 2.24) is 0 Å². The summed E-state index contributed by atoms with van der Waals surface area (Å²) in [4.78, 5) is -0.182. The van der Waals surface area contributed by atoms with Gasteiger partial charge in [-0.2, -0.15) is 0 Å². The lowest BCUT2D eigenvalue weighted by Crippen LogP contribution is -2.17. The van der Waals surface area contributed by atoms with Crippen LogP contribution in [0.25, 0.3) is 0 Å². The summed E-state index contributed by atoms with van der Waals surface area (Å²) >= 11 is 5.80. The number of sulfonamides is 1. The molecule has 0 aliphatic heterocycles. The van der Waals surface area contributed by atoms with E-state index in [4.69, 9.17) is 11.6 Å². The van der Waals surface area contributed by atoms with Crippen LogP contribution in [0.5, 0.6) is 5.75 Å². The highest BCUT2D eigenvalue weighted by atomic mass is 35.5. The van der Waals surface area contributed by atoms with Crippen LogP contribution in [0.3, 0.4) is 0 Å². The van der Waals surface area contributed by atoms with E-state index in [9.17, 15) is 21.6 Å². The molecule has 0 heterocycles. The maximum atomic E-state index is 12.2. The molecular weight excluding hydrogens is 343 g/mol. The van der Waals surface area contributed by atoms with Gasteiger partial charge in [0.05, 0.1) is 10.7 Å². The van der Waals surface area contributed by atoms with E-state index in [2.05, 4.69) is 9.46 Å². The molecule has 0 aliphatic carbocycles. The van der Waals surface area contributed by atoms with E-state index in [0.29, 0.717) is 0 Å². The summed E-state index contributed by atoms with van der Waals surface area (Å²) in [6.45, 7) is 0. The van der Waals surface area contributed by atoms with Crippen LogP contribution >= 0.6 is 11.6 Å². The highest BCUT2D eigenvalue weighted by Crippen LogP contribution is 2.27. The zero-order chi connectivity index (χ0) is 16.4. The number of hydrogen-bond acceptors (Lipinski definition) is 3. The Bertz CT molecular complexity index is 778. The second-order valence-electron chi connectivity index (χ2n) is 4.11. The number of halogens is 4. The van der Waals surface area contributed by atoms with Gasteiger partial charge in [0.25, 0.3) is 10.0 Å². The molecular formula is C13H9ClF3NO3S. The second-order valence-corrected chi connectivity index (χ2v) is 6.17. The number of ether oxygens (including phenoxy) is 1. The highest BCUT2D eigenvalue weighted by Gasteiger charge is 2.31. The van der Waals surface area contributed by atoms with Gasteiger partial charge in [0.2, 0.25) is 0 Å². The van der Waals surface area contributed by atoms with Gasteiger partial charge in [-0.1, -0.05) is 29.8 Å². The molecule has 118 valence electrons. The van der Waals surface area contributed by atoms with E-state index < -0.39 is 22.1 Å². The third-order valence-electron chi connectivity index (χ3n) is 2.45. The van der Waals surface area contributed by atoms with Crippen LogP contribution < -0.4 is 9.46 Å². The third-order valence-corrected chi connectivity index (χ3v) is 4.33. The first-order chi connectivity index (χ1) is 10.2. The Morgan fingerprint density at radius 3 is 2.36 bits per heavy atom. The Hall–Kier alpha value is -1.93. The Balaban J connectivity index is 2.27. The minimum atomic E-state index is -4.86. The van der Waals surface area contributed by atoms with Gasteiger partial charge in [0, 0.05) is 6.07 Å². The minimum absolute atomic E-state index is 0.00213. The Morgan fingerprint density at radius 1 is 1.05 bits per heavy atom. The lowest BCUT2D eigenvalue weighted by atomic mass is 10.3. The van der Waals surface area contributed by atoms with Crippen molar-refractivity contribution >= 4 is 27.3 Å². The molecule has 2 aromatic carbocycles. The number of nitrogens with one attached hydrogen (secondary N) is 1. The largest absolute Gasteiger partial charge is 0.573 e. The molecule has 0 atom stereocenters. The number of benzene rings is 2. The van der Waals surface area contributed by atoms with E-state index in [1.165, 1.54) is 30.3 Å². The lowest BCUT2D eigenvalue weighted by molar-refractivity contribution is -0.274. The van der Waals surface area contributed by atoms with Crippen molar-refractivity contribution in [1.29, 1.82) is 0 Å². The molecule has 0 bridgehead atoms. The van der Waals surface area contributed by atoms with Crippen LogP contribution in [-0.4, -0.2) is 14.8 Å². The molecule has 0 radical (unpaired) electrons. The second kappa shape index (κ2) is 6.05. The molecule has 1 N–H and O–H groups in total. The van der Waals surface area contributed by atoms with Gasteiger partial charge in [0.1, 0.15) is 10.6 Å². The average Bonchev–Trinajstić information content (AvgIpc) is 2.36. The van der Waals surface area contributed by atoms with Crippen molar-refractivity contribution in [3.63, 3.8) is 0 Å². The summed E-state index contributed by atoms with van der Waals surface area (Å²) in [5, 5.41) is -0.00213. The van der Waals surface area contributed by atoms with Crippen LogP contribution in [0.15, 0.2) is 53.4 Å². The fourth-order valence-corrected chi connectivity index (χ4v) is 3.20. The smallest absolute Gasteiger partial charge is 0.406 e. The van der Waals surface area contributed by atoms with E-state index in [0.717, 1.165) is 12.1 Å². The first-order valence-corrected chi connectivity index (χ1v) is 7.67. The van der Waals surface area contributed by atoms with E-state index in [1.54, 1.807) is 6.07 Å². The van der Waals surface area contributed by atoms with Crippen LogP contribution in [0.2, 0.25) is 5.02 Å². The van der Waals surface area contributed by atoms with Gasteiger partial charge < -0.3 is 4.74 Å². The van der Waals surface area contributed by atoms with Gasteiger partial charge in [-0.15, -0.1) is 13.2 Å². The normalized spacial score (nSPS) is 12.0. The summed E-state index contributed by atoms with van der Waals surface area (Å²) in [6.07, 6.45) is -4.86. The number of hydrogen-bond donors (Lipinski definition) is 1. The fraction of sp³-hybridized carbons (Fsp3) is 0.0769. The molecule has 2 rings (SSSR count). The van der Waals surface area contributed by atoms with E-state index >= 15 is 0 Å². The molecule has 0 saturated carbocycles. The zero-order valence-electron chi connectivity index (χ0n) is 10.8. The van der Waals surface area contributed by atoms with Gasteiger partial charge in [-0.05, 0) is 24.3 Å². The van der Waals surface area contributed by atoms with Crippen LogP contribution in [0, 0.1) is 0 Å². The van der Waals surface area contributed by atoms with Crippen LogP contribution in [0.1, 0.15) is 0 Å². The van der Waals surface area contributed by atoms with Crippen molar-refractivity contribution < 1.29 is 26.3 Å². The first kappa shape index (κ1) is 16.4. The van der Waals surface area contributed by atoms with Crippen molar-refractivity contribution in [2.75, 3.05) is 4.72 Å². The molecule has 0 unspecified atom stereocenters. The summed E-state index contributed by atoms with van der Waals surface area (Å²) in [5.74, 6) is -0.535. The van der Waals surface area contributed by atoms with E-state index in [-0.39, 0.29) is 15.6 Å². The molecule has 0 fully saturated rings. The van der Waals surface area contributed by atoms with Crippen LogP contribution in [0.4, 0.5) is 18.9 Å². The number of alkyl halides is 3. The van der Waals surface area contributed by atoms with Gasteiger partial charge in [-0.3, -0.25) is 4.72 Å². The Morgan fingerprint density at radius 2 is 1.73 bits per heavy atom. The van der Waals surface area contributed by atoms with Gasteiger partial charge in [0.15, 0.2) is 0 Å². The topological polar surface area (TPSA) is 55.4 Å². The van der Waals surface area contributed by atoms with Crippen LogP contribution in [-0.2, 0) is 10.0 Å². The molecule has 0 amide bonds. The number of rotatable bonds is 4. The fourth-order valence-electron chi connectivity index (χ4n) is 1.63. The van der Waals surface area contributed by atoms with Gasteiger partial charge >= 0.3 is 6.36 Å². The highest BCUT2D eigenvalue weighted by molar-refractivity contribution is 7.92. The van der Waals surface area contributed by atoms with Crippen molar-refractivity contribution in [3.8, 4) is 5.75 Å². The summed E-state index contributed by atoms with van der Waals surface area (Å²) < 4.78 is 66.6. The molecule has 9 heteroatoms. The lowest BCUT2D eigenvalue weighted by Gasteiger charge is -2.12. The molecule has 0 spiro atoms. The standard InChI is InChI=1S/C13H9ClF3NO3S/c14-11-6-1-2-7-12(11)22(19,20)18-9-4-3-5-10(8-9)21-13(15,16)17/h1-8,18H. The molecule has 0 aromatic heterocycles. The van der Waals surface area contributed by atoms with Crippen molar-refractivity contribution in [2.24, 2.45) is 0 Å². The summed E-state index contributed by atoms with van der Waals surface area (Å²) in [5.41, 5.74) is -0.0818. The predicted octanol–water partition coefficient (Wildman–Crippen LogP) is 4.04. The average molecular weight is 352 g/mol. The molecule has 0 aliphatic rings. The molecule has 0 saturated heterocycles. The maximum Gasteiger partial charge on any atom is 0.573 e. The predicted molar refractivity (Wildman–Crippen MR) is 75.4 cm³/mol. The zero-order valence-corrected chi connectivity index (χ0v) is 12.3. The minimum Gasteiger partial charge on any atom is -0.406 e.